The van der Waals surface area contributed by atoms with Crippen LogP contribution in [0.1, 0.15) is 36.9 Å². The first-order valence-electron chi connectivity index (χ1n) is 13.9. The predicted molar refractivity (Wildman–Crippen MR) is 157 cm³/mol. The fraction of sp³-hybridized carbons (Fsp3) is 0.355. The molecule has 1 unspecified atom stereocenters. The number of Topliss-reactive ketones (excluding diaryl/α,β-unsaturated/α-hetero) is 1. The van der Waals surface area contributed by atoms with E-state index in [9.17, 15) is 9.59 Å². The van der Waals surface area contributed by atoms with Crippen LogP contribution < -0.4 is 20.9 Å². The average Bonchev–Trinajstić information content (AvgIpc) is 2.96. The number of anilines is 3. The van der Waals surface area contributed by atoms with E-state index >= 15 is 0 Å². The van der Waals surface area contributed by atoms with Crippen molar-refractivity contribution in [1.82, 2.24) is 19.4 Å². The van der Waals surface area contributed by atoms with E-state index in [1.807, 2.05) is 55.5 Å². The molecule has 0 amide bonds. The van der Waals surface area contributed by atoms with Gasteiger partial charge in [-0.3, -0.25) is 14.2 Å². The topological polar surface area (TPSA) is 101 Å². The van der Waals surface area contributed by atoms with Gasteiger partial charge in [0.25, 0.3) is 5.56 Å². The number of piperidine rings is 1. The Morgan fingerprint density at radius 2 is 1.73 bits per heavy atom. The van der Waals surface area contributed by atoms with E-state index in [-0.39, 0.29) is 23.5 Å². The molecule has 1 atom stereocenters. The molecule has 1 fully saturated rings. The number of hydrogen-bond donors (Lipinski definition) is 2. The van der Waals surface area contributed by atoms with Gasteiger partial charge >= 0.3 is 0 Å². The molecule has 1 aliphatic heterocycles. The second-order valence-corrected chi connectivity index (χ2v) is 10.6. The monoisotopic (exact) mass is 538 g/mol. The summed E-state index contributed by atoms with van der Waals surface area (Å²) >= 11 is 0. The largest absolute Gasteiger partial charge is 0.488 e. The van der Waals surface area contributed by atoms with Gasteiger partial charge < -0.3 is 20.3 Å². The quantitative estimate of drug-likeness (QED) is 0.358. The second-order valence-electron chi connectivity index (χ2n) is 10.6. The number of ether oxygens (including phenoxy) is 1. The summed E-state index contributed by atoms with van der Waals surface area (Å²) in [6, 6.07) is 17.4. The number of hydrogen-bond acceptors (Lipinski definition) is 8. The van der Waals surface area contributed by atoms with Crippen LogP contribution in [-0.4, -0.2) is 58.0 Å². The van der Waals surface area contributed by atoms with Gasteiger partial charge in [-0.25, -0.2) is 4.98 Å². The Labute approximate surface area is 233 Å². The average molecular weight is 539 g/mol. The van der Waals surface area contributed by atoms with Gasteiger partial charge in [-0.15, -0.1) is 0 Å². The van der Waals surface area contributed by atoms with Crippen LogP contribution in [0.5, 0.6) is 5.75 Å². The van der Waals surface area contributed by atoms with E-state index in [0.29, 0.717) is 36.1 Å². The minimum Gasteiger partial charge on any atom is -0.488 e. The lowest BCUT2D eigenvalue weighted by molar-refractivity contribution is -0.122. The van der Waals surface area contributed by atoms with Crippen molar-refractivity contribution < 1.29 is 9.53 Å². The number of carbonyl (C=O) groups excluding carboxylic acids is 1. The molecule has 206 valence electrons. The number of fused-ring (bicyclic) bond motifs is 2. The number of carbonyl (C=O) groups is 1. The first-order valence-corrected chi connectivity index (χ1v) is 13.9. The number of aromatic nitrogens is 3. The Morgan fingerprint density at radius 3 is 2.48 bits per heavy atom. The van der Waals surface area contributed by atoms with E-state index in [0.717, 1.165) is 48.4 Å². The van der Waals surface area contributed by atoms with Crippen molar-refractivity contribution in [3.05, 3.63) is 82.3 Å². The first kappa shape index (κ1) is 26.0. The van der Waals surface area contributed by atoms with Gasteiger partial charge in [0.05, 0.1) is 6.61 Å². The van der Waals surface area contributed by atoms with Crippen molar-refractivity contribution in [3.8, 4) is 5.75 Å². The molecule has 6 rings (SSSR count). The van der Waals surface area contributed by atoms with Crippen LogP contribution in [0.15, 0.2) is 65.6 Å². The van der Waals surface area contributed by atoms with Gasteiger partial charge in [0.1, 0.15) is 11.7 Å². The Bertz CT molecular complexity index is 1590. The number of nitrogens with one attached hydrogen (secondary N) is 2. The van der Waals surface area contributed by atoms with Crippen molar-refractivity contribution in [1.29, 1.82) is 0 Å². The third-order valence-electron chi connectivity index (χ3n) is 7.85. The van der Waals surface area contributed by atoms with Gasteiger partial charge in [-0.2, -0.15) is 4.98 Å². The molecule has 2 aliphatic rings. The number of likely N-dealkylation sites (tertiary alicyclic amines) is 1. The molecule has 1 saturated heterocycles. The maximum Gasteiger partial charge on any atom is 0.295 e. The summed E-state index contributed by atoms with van der Waals surface area (Å²) in [5.41, 5.74) is 4.03. The summed E-state index contributed by atoms with van der Waals surface area (Å²) in [4.78, 5) is 38.5. The standard InChI is InChI=1S/C31H34N6O3/c1-3-40-28-18-22-19-32-31(34-24-10-8-23(9-11-24)33-25-12-14-36(2)15-13-25)35-29(22)37(30(28)39)26-16-20-6-4-5-7-21(20)17-27(26)38/h4-11,18-19,25-26,33H,3,12-17H2,1-2H3,(H,32,34,35). The minimum atomic E-state index is -0.669. The Hall–Kier alpha value is -4.24. The molecule has 2 aromatic heterocycles. The predicted octanol–water partition coefficient (Wildman–Crippen LogP) is 4.35. The number of rotatable bonds is 7. The van der Waals surface area contributed by atoms with Crippen LogP contribution in [0.25, 0.3) is 11.0 Å². The molecule has 9 nitrogen and oxygen atoms in total. The molecule has 2 N–H and O–H groups in total. The number of benzene rings is 2. The molecule has 9 heteroatoms. The highest BCUT2D eigenvalue weighted by atomic mass is 16.5. The summed E-state index contributed by atoms with van der Waals surface area (Å²) in [5.74, 6) is 0.528. The van der Waals surface area contributed by atoms with Crippen LogP contribution in [-0.2, 0) is 17.6 Å². The highest BCUT2D eigenvalue weighted by molar-refractivity contribution is 5.89. The lowest BCUT2D eigenvalue weighted by Gasteiger charge is -2.30. The van der Waals surface area contributed by atoms with Crippen LogP contribution in [0.2, 0.25) is 0 Å². The highest BCUT2D eigenvalue weighted by Crippen LogP contribution is 2.29. The molecule has 0 bridgehead atoms. The van der Waals surface area contributed by atoms with Gasteiger partial charge in [0, 0.05) is 41.8 Å². The van der Waals surface area contributed by atoms with Crippen molar-refractivity contribution in [2.75, 3.05) is 37.4 Å². The first-order chi connectivity index (χ1) is 19.5. The molecule has 1 aliphatic carbocycles. The zero-order valence-corrected chi connectivity index (χ0v) is 22.9. The third-order valence-corrected chi connectivity index (χ3v) is 7.85. The van der Waals surface area contributed by atoms with Crippen molar-refractivity contribution in [2.24, 2.45) is 0 Å². The summed E-state index contributed by atoms with van der Waals surface area (Å²) in [6.07, 6.45) is 4.63. The van der Waals surface area contributed by atoms with Gasteiger partial charge in [-0.05, 0) is 81.4 Å². The molecule has 3 heterocycles. The number of ketones is 1. The van der Waals surface area contributed by atoms with Crippen LogP contribution in [0.4, 0.5) is 17.3 Å². The lowest BCUT2D eigenvalue weighted by atomic mass is 9.87. The minimum absolute atomic E-state index is 0.0171. The normalized spacial score (nSPS) is 17.9. The summed E-state index contributed by atoms with van der Waals surface area (Å²) < 4.78 is 7.15. The highest BCUT2D eigenvalue weighted by Gasteiger charge is 2.31. The fourth-order valence-electron chi connectivity index (χ4n) is 5.66. The summed E-state index contributed by atoms with van der Waals surface area (Å²) in [6.45, 7) is 4.37. The van der Waals surface area contributed by atoms with Crippen LogP contribution in [0.3, 0.4) is 0 Å². The molecule has 0 spiro atoms. The van der Waals surface area contributed by atoms with E-state index in [4.69, 9.17) is 9.72 Å². The maximum absolute atomic E-state index is 13.6. The molecule has 2 aromatic carbocycles. The number of nitrogens with zero attached hydrogens (tertiary/aromatic N) is 4. The molecule has 0 radical (unpaired) electrons. The molecular weight excluding hydrogens is 504 g/mol. The maximum atomic E-state index is 13.6. The molecule has 40 heavy (non-hydrogen) atoms. The van der Waals surface area contributed by atoms with Crippen molar-refractivity contribution in [3.63, 3.8) is 0 Å². The smallest absolute Gasteiger partial charge is 0.295 e. The second kappa shape index (κ2) is 11.1. The molecule has 0 saturated carbocycles. The van der Waals surface area contributed by atoms with Crippen LogP contribution in [0, 0.1) is 0 Å². The van der Waals surface area contributed by atoms with Crippen LogP contribution >= 0.6 is 0 Å². The van der Waals surface area contributed by atoms with E-state index in [1.54, 1.807) is 12.3 Å². The lowest BCUT2D eigenvalue weighted by Crippen LogP contribution is -2.36. The zero-order chi connectivity index (χ0) is 27.6. The van der Waals surface area contributed by atoms with Gasteiger partial charge in [-0.1, -0.05) is 24.3 Å². The fourth-order valence-corrected chi connectivity index (χ4v) is 5.66. The van der Waals surface area contributed by atoms with Gasteiger partial charge in [0.15, 0.2) is 11.5 Å². The SMILES string of the molecule is CCOc1cc2cnc(Nc3ccc(NC4CCN(C)CC4)cc3)nc2n(C2Cc3ccccc3CC2=O)c1=O. The number of pyridine rings is 1. The molecule has 4 aromatic rings. The Morgan fingerprint density at radius 1 is 1.00 bits per heavy atom. The van der Waals surface area contributed by atoms with Crippen molar-refractivity contribution in [2.45, 2.75) is 44.7 Å². The Balaban J connectivity index is 1.30. The Kier molecular flexibility index (Phi) is 7.21. The summed E-state index contributed by atoms with van der Waals surface area (Å²) in [5, 5.41) is 7.52. The zero-order valence-electron chi connectivity index (χ0n) is 22.9. The van der Waals surface area contributed by atoms with E-state index in [1.165, 1.54) is 4.57 Å². The van der Waals surface area contributed by atoms with Crippen molar-refractivity contribution >= 4 is 34.1 Å². The van der Waals surface area contributed by atoms with E-state index < -0.39 is 6.04 Å². The third kappa shape index (κ3) is 5.29. The van der Waals surface area contributed by atoms with Gasteiger partial charge in [0.2, 0.25) is 5.95 Å². The van der Waals surface area contributed by atoms with E-state index in [2.05, 4.69) is 27.6 Å². The molecular formula is C31H34N6O3. The summed E-state index contributed by atoms with van der Waals surface area (Å²) in [7, 11) is 2.16.